The van der Waals surface area contributed by atoms with Crippen LogP contribution >= 0.6 is 0 Å². The van der Waals surface area contributed by atoms with Crippen LogP contribution in [-0.4, -0.2) is 36.1 Å². The van der Waals surface area contributed by atoms with Crippen molar-refractivity contribution in [2.24, 2.45) is 5.92 Å². The van der Waals surface area contributed by atoms with Crippen LogP contribution in [0.3, 0.4) is 0 Å². The van der Waals surface area contributed by atoms with E-state index in [9.17, 15) is 0 Å². The zero-order valence-corrected chi connectivity index (χ0v) is 9.67. The van der Waals surface area contributed by atoms with Gasteiger partial charge in [-0.25, -0.2) is 0 Å². The van der Waals surface area contributed by atoms with Gasteiger partial charge in [0.2, 0.25) is 0 Å². The van der Waals surface area contributed by atoms with Gasteiger partial charge in [-0.05, 0) is 26.7 Å². The monoisotopic (exact) mass is 184 g/mol. The molecule has 1 saturated heterocycles. The van der Waals surface area contributed by atoms with Gasteiger partial charge in [0.1, 0.15) is 0 Å². The van der Waals surface area contributed by atoms with Crippen LogP contribution in [0, 0.1) is 5.92 Å². The molecule has 2 nitrogen and oxygen atoms in total. The lowest BCUT2D eigenvalue weighted by Crippen LogP contribution is -2.58. The number of hydrogen-bond acceptors (Lipinski definition) is 2. The third kappa shape index (κ3) is 2.96. The summed E-state index contributed by atoms with van der Waals surface area (Å²) in [5.41, 5.74) is 0. The highest BCUT2D eigenvalue weighted by atomic mass is 15.2. The second-order valence-corrected chi connectivity index (χ2v) is 4.97. The Kier molecular flexibility index (Phi) is 3.74. The second-order valence-electron chi connectivity index (χ2n) is 4.97. The summed E-state index contributed by atoms with van der Waals surface area (Å²) in [7, 11) is 0. The van der Waals surface area contributed by atoms with Crippen molar-refractivity contribution in [1.29, 1.82) is 0 Å². The van der Waals surface area contributed by atoms with Gasteiger partial charge in [-0.1, -0.05) is 13.8 Å². The first-order chi connectivity index (χ1) is 6.00. The molecule has 1 fully saturated rings. The number of piperazine rings is 1. The van der Waals surface area contributed by atoms with E-state index in [2.05, 4.69) is 44.8 Å². The molecular formula is C11H24N2. The molecule has 0 aliphatic carbocycles. The smallest absolute Gasteiger partial charge is 0.0221 e. The lowest BCUT2D eigenvalue weighted by Gasteiger charge is -2.41. The molecule has 1 aliphatic heterocycles. The topological polar surface area (TPSA) is 15.3 Å². The molecule has 2 heteroatoms. The number of hydrogen-bond donors (Lipinski definition) is 1. The molecule has 2 atom stereocenters. The summed E-state index contributed by atoms with van der Waals surface area (Å²) in [5, 5.41) is 3.66. The van der Waals surface area contributed by atoms with E-state index in [1.54, 1.807) is 0 Å². The summed E-state index contributed by atoms with van der Waals surface area (Å²) in [6.07, 6.45) is 0. The Labute approximate surface area is 82.7 Å². The third-order valence-corrected chi connectivity index (χ3v) is 2.97. The molecule has 0 aromatic rings. The summed E-state index contributed by atoms with van der Waals surface area (Å²) in [4.78, 5) is 2.58. The fourth-order valence-corrected chi connectivity index (χ4v) is 1.97. The van der Waals surface area contributed by atoms with E-state index >= 15 is 0 Å². The molecule has 0 unspecified atom stereocenters. The molecule has 0 bridgehead atoms. The molecule has 0 radical (unpaired) electrons. The van der Waals surface area contributed by atoms with Gasteiger partial charge in [0.15, 0.2) is 0 Å². The van der Waals surface area contributed by atoms with E-state index in [4.69, 9.17) is 0 Å². The summed E-state index contributed by atoms with van der Waals surface area (Å²) in [6.45, 7) is 13.9. The summed E-state index contributed by atoms with van der Waals surface area (Å²) in [6, 6.07) is 2.00. The van der Waals surface area contributed by atoms with Crippen LogP contribution < -0.4 is 5.32 Å². The molecule has 1 aliphatic rings. The van der Waals surface area contributed by atoms with E-state index in [0.717, 1.165) is 5.92 Å². The van der Waals surface area contributed by atoms with Crippen molar-refractivity contribution in [2.75, 3.05) is 13.1 Å². The van der Waals surface area contributed by atoms with Gasteiger partial charge < -0.3 is 5.32 Å². The van der Waals surface area contributed by atoms with Crippen LogP contribution in [0.1, 0.15) is 34.6 Å². The fourth-order valence-electron chi connectivity index (χ4n) is 1.97. The van der Waals surface area contributed by atoms with Crippen LogP contribution in [0.25, 0.3) is 0 Å². The first kappa shape index (κ1) is 11.0. The summed E-state index contributed by atoms with van der Waals surface area (Å²) < 4.78 is 0. The van der Waals surface area contributed by atoms with Crippen molar-refractivity contribution >= 4 is 0 Å². The van der Waals surface area contributed by atoms with Crippen LogP contribution in [0.5, 0.6) is 0 Å². The van der Waals surface area contributed by atoms with Gasteiger partial charge in [0.25, 0.3) is 0 Å². The molecule has 1 rings (SSSR count). The molecule has 0 aromatic heterocycles. The SMILES string of the molecule is CC(C)[C@@H]1CN(C(C)C)C[C@H](C)N1. The largest absolute Gasteiger partial charge is 0.309 e. The predicted octanol–water partition coefficient (Wildman–Crippen LogP) is 1.71. The molecular weight excluding hydrogens is 160 g/mol. The van der Waals surface area contributed by atoms with Crippen molar-refractivity contribution in [3.05, 3.63) is 0 Å². The van der Waals surface area contributed by atoms with Crippen LogP contribution in [0.15, 0.2) is 0 Å². The molecule has 0 saturated carbocycles. The zero-order chi connectivity index (χ0) is 10.0. The summed E-state index contributed by atoms with van der Waals surface area (Å²) in [5.74, 6) is 0.740. The van der Waals surface area contributed by atoms with Crippen molar-refractivity contribution in [2.45, 2.75) is 52.7 Å². The van der Waals surface area contributed by atoms with E-state index < -0.39 is 0 Å². The Hall–Kier alpha value is -0.0800. The first-order valence-electron chi connectivity index (χ1n) is 5.50. The highest BCUT2D eigenvalue weighted by Gasteiger charge is 2.26. The Balaban J connectivity index is 2.52. The Morgan fingerprint density at radius 3 is 2.23 bits per heavy atom. The van der Waals surface area contributed by atoms with Gasteiger partial charge in [0.05, 0.1) is 0 Å². The number of nitrogens with one attached hydrogen (secondary N) is 1. The van der Waals surface area contributed by atoms with Gasteiger partial charge in [0, 0.05) is 31.2 Å². The molecule has 1 N–H and O–H groups in total. The van der Waals surface area contributed by atoms with Gasteiger partial charge >= 0.3 is 0 Å². The van der Waals surface area contributed by atoms with E-state index in [1.165, 1.54) is 13.1 Å². The maximum Gasteiger partial charge on any atom is 0.0221 e. The lowest BCUT2D eigenvalue weighted by atomic mass is 9.99. The summed E-state index contributed by atoms with van der Waals surface area (Å²) >= 11 is 0. The Bertz CT molecular complexity index is 138. The zero-order valence-electron chi connectivity index (χ0n) is 9.67. The maximum absolute atomic E-state index is 3.66. The second kappa shape index (κ2) is 4.43. The van der Waals surface area contributed by atoms with Crippen LogP contribution in [0.4, 0.5) is 0 Å². The van der Waals surface area contributed by atoms with Crippen LogP contribution in [-0.2, 0) is 0 Å². The van der Waals surface area contributed by atoms with Gasteiger partial charge in [-0.3, -0.25) is 4.90 Å². The highest BCUT2D eigenvalue weighted by Crippen LogP contribution is 2.13. The van der Waals surface area contributed by atoms with Crippen LogP contribution in [0.2, 0.25) is 0 Å². The van der Waals surface area contributed by atoms with E-state index in [1.807, 2.05) is 0 Å². The molecule has 1 heterocycles. The standard InChI is InChI=1S/C11H24N2/c1-8(2)11-7-13(9(3)4)6-10(5)12-11/h8-12H,6-7H2,1-5H3/t10-,11-/m0/s1. The van der Waals surface area contributed by atoms with E-state index in [-0.39, 0.29) is 0 Å². The lowest BCUT2D eigenvalue weighted by molar-refractivity contribution is 0.116. The van der Waals surface area contributed by atoms with Gasteiger partial charge in [-0.15, -0.1) is 0 Å². The third-order valence-electron chi connectivity index (χ3n) is 2.97. The quantitative estimate of drug-likeness (QED) is 0.703. The molecule has 0 aromatic carbocycles. The number of nitrogens with zero attached hydrogens (tertiary/aromatic N) is 1. The molecule has 78 valence electrons. The minimum Gasteiger partial charge on any atom is -0.309 e. The highest BCUT2D eigenvalue weighted by molar-refractivity contribution is 4.86. The minimum absolute atomic E-state index is 0.642. The predicted molar refractivity (Wildman–Crippen MR) is 57.9 cm³/mol. The minimum atomic E-state index is 0.642. The Morgan fingerprint density at radius 1 is 1.15 bits per heavy atom. The van der Waals surface area contributed by atoms with Crippen molar-refractivity contribution in [1.82, 2.24) is 10.2 Å². The number of rotatable bonds is 2. The molecule has 13 heavy (non-hydrogen) atoms. The average molecular weight is 184 g/mol. The average Bonchev–Trinajstić information content (AvgIpc) is 2.03. The first-order valence-corrected chi connectivity index (χ1v) is 5.50. The molecule has 0 spiro atoms. The van der Waals surface area contributed by atoms with Crippen molar-refractivity contribution in [3.63, 3.8) is 0 Å². The fraction of sp³-hybridized carbons (Fsp3) is 1.00. The maximum atomic E-state index is 3.66. The van der Waals surface area contributed by atoms with Crippen molar-refractivity contribution < 1.29 is 0 Å². The normalized spacial score (nSPS) is 31.6. The van der Waals surface area contributed by atoms with E-state index in [0.29, 0.717) is 18.1 Å². The molecule has 0 amide bonds. The van der Waals surface area contributed by atoms with Gasteiger partial charge in [-0.2, -0.15) is 0 Å². The van der Waals surface area contributed by atoms with Crippen molar-refractivity contribution in [3.8, 4) is 0 Å². The Morgan fingerprint density at radius 2 is 1.77 bits per heavy atom.